The van der Waals surface area contributed by atoms with Crippen molar-refractivity contribution in [1.29, 1.82) is 0 Å². The summed E-state index contributed by atoms with van der Waals surface area (Å²) in [6.07, 6.45) is 1.41. The SMILES string of the molecule is CCOC(C)CN=C1NC(C)(C)CCS1. The second-order valence-corrected chi connectivity index (χ2v) is 5.60. The van der Waals surface area contributed by atoms with Crippen LogP contribution in [0.1, 0.15) is 34.1 Å². The van der Waals surface area contributed by atoms with E-state index in [-0.39, 0.29) is 11.6 Å². The van der Waals surface area contributed by atoms with E-state index in [2.05, 4.69) is 31.1 Å². The molecule has 15 heavy (non-hydrogen) atoms. The Morgan fingerprint density at radius 2 is 2.33 bits per heavy atom. The molecular weight excluding hydrogens is 208 g/mol. The van der Waals surface area contributed by atoms with Crippen LogP contribution in [0.4, 0.5) is 0 Å². The lowest BCUT2D eigenvalue weighted by Gasteiger charge is -2.32. The van der Waals surface area contributed by atoms with E-state index in [0.29, 0.717) is 0 Å². The van der Waals surface area contributed by atoms with Gasteiger partial charge in [-0.1, -0.05) is 11.8 Å². The van der Waals surface area contributed by atoms with E-state index in [1.807, 2.05) is 18.7 Å². The van der Waals surface area contributed by atoms with Gasteiger partial charge >= 0.3 is 0 Å². The van der Waals surface area contributed by atoms with Gasteiger partial charge in [0, 0.05) is 17.9 Å². The highest BCUT2D eigenvalue weighted by atomic mass is 32.2. The van der Waals surface area contributed by atoms with Gasteiger partial charge in [-0.15, -0.1) is 0 Å². The summed E-state index contributed by atoms with van der Waals surface area (Å²) in [5, 5.41) is 4.51. The van der Waals surface area contributed by atoms with Crippen molar-refractivity contribution in [2.24, 2.45) is 4.99 Å². The van der Waals surface area contributed by atoms with Gasteiger partial charge in [0.1, 0.15) is 0 Å². The minimum atomic E-state index is 0.193. The summed E-state index contributed by atoms with van der Waals surface area (Å²) in [5.74, 6) is 1.15. The molecule has 1 heterocycles. The molecule has 0 amide bonds. The fraction of sp³-hybridized carbons (Fsp3) is 0.909. The first-order valence-corrected chi connectivity index (χ1v) is 6.59. The monoisotopic (exact) mass is 230 g/mol. The predicted molar refractivity (Wildman–Crippen MR) is 67.7 cm³/mol. The molecule has 4 heteroatoms. The Hall–Kier alpha value is -0.220. The maximum atomic E-state index is 5.44. The van der Waals surface area contributed by atoms with Crippen LogP contribution < -0.4 is 5.32 Å². The van der Waals surface area contributed by atoms with Crippen molar-refractivity contribution in [3.63, 3.8) is 0 Å². The molecule has 0 radical (unpaired) electrons. The van der Waals surface area contributed by atoms with Gasteiger partial charge in [0.25, 0.3) is 0 Å². The van der Waals surface area contributed by atoms with Crippen LogP contribution >= 0.6 is 11.8 Å². The van der Waals surface area contributed by atoms with E-state index in [1.165, 1.54) is 6.42 Å². The summed E-state index contributed by atoms with van der Waals surface area (Å²) in [4.78, 5) is 4.54. The van der Waals surface area contributed by atoms with Crippen molar-refractivity contribution < 1.29 is 4.74 Å². The van der Waals surface area contributed by atoms with Gasteiger partial charge in [0.05, 0.1) is 12.6 Å². The summed E-state index contributed by atoms with van der Waals surface area (Å²) in [6, 6.07) is 0. The van der Waals surface area contributed by atoms with Gasteiger partial charge < -0.3 is 10.1 Å². The summed E-state index contributed by atoms with van der Waals surface area (Å²) >= 11 is 1.81. The Bertz CT molecular complexity index is 229. The van der Waals surface area contributed by atoms with Crippen LogP contribution in [0.5, 0.6) is 0 Å². The molecule has 1 aliphatic rings. The zero-order chi connectivity index (χ0) is 11.3. The maximum absolute atomic E-state index is 5.44. The maximum Gasteiger partial charge on any atom is 0.157 e. The fourth-order valence-electron chi connectivity index (χ4n) is 1.42. The van der Waals surface area contributed by atoms with Crippen LogP contribution in [0.25, 0.3) is 0 Å². The molecule has 0 aromatic heterocycles. The van der Waals surface area contributed by atoms with Crippen molar-refractivity contribution in [2.75, 3.05) is 18.9 Å². The highest BCUT2D eigenvalue weighted by Crippen LogP contribution is 2.21. The predicted octanol–water partition coefficient (Wildman–Crippen LogP) is 2.27. The zero-order valence-corrected chi connectivity index (χ0v) is 11.0. The van der Waals surface area contributed by atoms with E-state index in [4.69, 9.17) is 4.74 Å². The van der Waals surface area contributed by atoms with Gasteiger partial charge in [-0.3, -0.25) is 4.99 Å². The lowest BCUT2D eigenvalue weighted by molar-refractivity contribution is 0.0829. The van der Waals surface area contributed by atoms with Crippen molar-refractivity contribution in [3.05, 3.63) is 0 Å². The lowest BCUT2D eigenvalue weighted by Crippen LogP contribution is -2.46. The highest BCUT2D eigenvalue weighted by Gasteiger charge is 2.24. The van der Waals surface area contributed by atoms with Crippen LogP contribution in [0.15, 0.2) is 4.99 Å². The molecule has 1 fully saturated rings. The molecule has 0 bridgehead atoms. The Morgan fingerprint density at radius 1 is 1.60 bits per heavy atom. The molecule has 0 aromatic carbocycles. The number of rotatable bonds is 4. The number of thioether (sulfide) groups is 1. The average Bonchev–Trinajstić information content (AvgIpc) is 2.14. The third kappa shape index (κ3) is 4.89. The summed E-state index contributed by atoms with van der Waals surface area (Å²) in [6.45, 7) is 10.0. The highest BCUT2D eigenvalue weighted by molar-refractivity contribution is 8.13. The first-order valence-electron chi connectivity index (χ1n) is 5.60. The minimum Gasteiger partial charge on any atom is -0.377 e. The van der Waals surface area contributed by atoms with Gasteiger partial charge in [0.15, 0.2) is 5.17 Å². The topological polar surface area (TPSA) is 33.6 Å². The molecule has 0 aromatic rings. The van der Waals surface area contributed by atoms with Crippen LogP contribution in [0, 0.1) is 0 Å². The number of amidine groups is 1. The van der Waals surface area contributed by atoms with Crippen molar-refractivity contribution in [2.45, 2.75) is 45.8 Å². The number of aliphatic imine (C=N–C) groups is 1. The molecule has 1 saturated heterocycles. The second-order valence-electron chi connectivity index (χ2n) is 4.52. The normalized spacial score (nSPS) is 24.9. The molecule has 88 valence electrons. The summed E-state index contributed by atoms with van der Waals surface area (Å²) in [5.41, 5.74) is 0.193. The number of hydrogen-bond donors (Lipinski definition) is 1. The Labute approximate surface area is 97.1 Å². The fourth-order valence-corrected chi connectivity index (χ4v) is 2.74. The molecular formula is C11H22N2OS. The molecule has 1 atom stereocenters. The molecule has 3 nitrogen and oxygen atoms in total. The van der Waals surface area contributed by atoms with Gasteiger partial charge in [-0.25, -0.2) is 0 Å². The molecule has 0 spiro atoms. The summed E-state index contributed by atoms with van der Waals surface area (Å²) < 4.78 is 5.44. The molecule has 0 saturated carbocycles. The third-order valence-electron chi connectivity index (χ3n) is 2.35. The van der Waals surface area contributed by atoms with Crippen molar-refractivity contribution in [3.8, 4) is 0 Å². The molecule has 0 aliphatic carbocycles. The second kappa shape index (κ2) is 5.75. The van der Waals surface area contributed by atoms with E-state index < -0.39 is 0 Å². The van der Waals surface area contributed by atoms with Crippen LogP contribution in [0.2, 0.25) is 0 Å². The van der Waals surface area contributed by atoms with E-state index in [9.17, 15) is 0 Å². The van der Waals surface area contributed by atoms with E-state index in [1.54, 1.807) is 0 Å². The summed E-state index contributed by atoms with van der Waals surface area (Å²) in [7, 11) is 0. The minimum absolute atomic E-state index is 0.193. The van der Waals surface area contributed by atoms with Crippen LogP contribution in [0.3, 0.4) is 0 Å². The van der Waals surface area contributed by atoms with Crippen molar-refractivity contribution in [1.82, 2.24) is 5.32 Å². The van der Waals surface area contributed by atoms with Gasteiger partial charge in [0.2, 0.25) is 0 Å². The largest absolute Gasteiger partial charge is 0.377 e. The quantitative estimate of drug-likeness (QED) is 0.804. The molecule has 1 rings (SSSR count). The standard InChI is InChI=1S/C11H22N2OS/c1-5-14-9(2)8-12-10-13-11(3,4)6-7-15-10/h9H,5-8H2,1-4H3,(H,12,13). The first kappa shape index (κ1) is 12.8. The number of hydrogen-bond acceptors (Lipinski definition) is 3. The average molecular weight is 230 g/mol. The first-order chi connectivity index (χ1) is 7.03. The van der Waals surface area contributed by atoms with Gasteiger partial charge in [-0.2, -0.15) is 0 Å². The van der Waals surface area contributed by atoms with Crippen molar-refractivity contribution >= 4 is 16.9 Å². The van der Waals surface area contributed by atoms with E-state index in [0.717, 1.165) is 24.1 Å². The number of ether oxygens (including phenoxy) is 1. The Kier molecular flexibility index (Phi) is 4.93. The van der Waals surface area contributed by atoms with Crippen LogP contribution in [-0.2, 0) is 4.74 Å². The number of nitrogens with zero attached hydrogens (tertiary/aromatic N) is 1. The Morgan fingerprint density at radius 3 is 2.93 bits per heavy atom. The van der Waals surface area contributed by atoms with E-state index >= 15 is 0 Å². The smallest absolute Gasteiger partial charge is 0.157 e. The molecule has 1 unspecified atom stereocenters. The number of nitrogens with one attached hydrogen (secondary N) is 1. The lowest BCUT2D eigenvalue weighted by atomic mass is 10.0. The Balaban J connectivity index is 2.39. The third-order valence-corrected chi connectivity index (χ3v) is 3.27. The molecule has 1 aliphatic heterocycles. The molecule has 1 N–H and O–H groups in total. The van der Waals surface area contributed by atoms with Gasteiger partial charge in [-0.05, 0) is 34.1 Å². The van der Waals surface area contributed by atoms with Crippen LogP contribution in [-0.4, -0.2) is 35.7 Å². The zero-order valence-electron chi connectivity index (χ0n) is 10.2.